The maximum Gasteiger partial charge on any atom is 0.310 e. The van der Waals surface area contributed by atoms with Gasteiger partial charge in [0.1, 0.15) is 0 Å². The first kappa shape index (κ1) is 14.2. The number of hydrogen-bond donors (Lipinski definition) is 1. The Morgan fingerprint density at radius 3 is 2.83 bits per heavy atom. The molecular weight excluding hydrogens is 250 g/mol. The Morgan fingerprint density at radius 2 is 2.28 bits per heavy atom. The lowest BCUT2D eigenvalue weighted by Gasteiger charge is -2.35. The predicted molar refractivity (Wildman–Crippen MR) is 73.1 cm³/mol. The second-order valence-corrected chi connectivity index (χ2v) is 6.79. The minimum Gasteiger partial charge on any atom is -0.481 e. The molecule has 2 aliphatic rings. The summed E-state index contributed by atoms with van der Waals surface area (Å²) in [4.78, 5) is 13.7. The topological polar surface area (TPSA) is 49.8 Å². The third-order valence-corrected chi connectivity index (χ3v) is 5.26. The van der Waals surface area contributed by atoms with E-state index in [-0.39, 0.29) is 12.0 Å². The van der Waals surface area contributed by atoms with E-state index in [2.05, 4.69) is 18.7 Å². The largest absolute Gasteiger partial charge is 0.481 e. The smallest absolute Gasteiger partial charge is 0.310 e. The maximum atomic E-state index is 11.3. The van der Waals surface area contributed by atoms with Crippen LogP contribution < -0.4 is 0 Å². The Bertz CT molecular complexity index is 300. The van der Waals surface area contributed by atoms with E-state index in [1.807, 2.05) is 11.8 Å². The molecule has 4 nitrogen and oxygen atoms in total. The van der Waals surface area contributed by atoms with Gasteiger partial charge >= 0.3 is 5.97 Å². The summed E-state index contributed by atoms with van der Waals surface area (Å²) in [5.74, 6) is 0.0686. The molecule has 0 aromatic heterocycles. The number of rotatable bonds is 5. The molecule has 2 fully saturated rings. The summed E-state index contributed by atoms with van der Waals surface area (Å²) in [6.45, 7) is 6.34. The van der Waals surface area contributed by atoms with E-state index >= 15 is 0 Å². The standard InChI is InChI=1S/C13H23NO3S/c1-3-4-14(10-5-9(2)18-8-10)12-7-17-6-11(12)13(15)16/h9-12H,3-8H2,1-2H3,(H,15,16). The number of carboxylic acids is 1. The van der Waals surface area contributed by atoms with Gasteiger partial charge < -0.3 is 9.84 Å². The quantitative estimate of drug-likeness (QED) is 0.826. The number of carboxylic acid groups (broad SMARTS) is 1. The van der Waals surface area contributed by atoms with E-state index in [9.17, 15) is 9.90 Å². The Morgan fingerprint density at radius 1 is 1.50 bits per heavy atom. The van der Waals surface area contributed by atoms with Crippen molar-refractivity contribution in [2.24, 2.45) is 5.92 Å². The number of thioether (sulfide) groups is 1. The van der Waals surface area contributed by atoms with Gasteiger partial charge in [-0.25, -0.2) is 0 Å². The van der Waals surface area contributed by atoms with Crippen molar-refractivity contribution in [3.8, 4) is 0 Å². The van der Waals surface area contributed by atoms with Gasteiger partial charge in [0.2, 0.25) is 0 Å². The van der Waals surface area contributed by atoms with Gasteiger partial charge in [-0.05, 0) is 19.4 Å². The van der Waals surface area contributed by atoms with Gasteiger partial charge in [-0.2, -0.15) is 11.8 Å². The van der Waals surface area contributed by atoms with Crippen LogP contribution in [-0.4, -0.2) is 58.8 Å². The highest BCUT2D eigenvalue weighted by atomic mass is 32.2. The summed E-state index contributed by atoms with van der Waals surface area (Å²) >= 11 is 2.00. The molecule has 2 heterocycles. The zero-order valence-electron chi connectivity index (χ0n) is 11.2. The van der Waals surface area contributed by atoms with Gasteiger partial charge in [0.05, 0.1) is 19.1 Å². The molecule has 1 N–H and O–H groups in total. The van der Waals surface area contributed by atoms with Crippen LogP contribution >= 0.6 is 11.8 Å². The van der Waals surface area contributed by atoms with Gasteiger partial charge in [-0.3, -0.25) is 9.69 Å². The third kappa shape index (κ3) is 3.00. The van der Waals surface area contributed by atoms with Crippen LogP contribution in [0.4, 0.5) is 0 Å². The molecule has 2 saturated heterocycles. The molecule has 0 radical (unpaired) electrons. The zero-order valence-corrected chi connectivity index (χ0v) is 12.0. The highest BCUT2D eigenvalue weighted by molar-refractivity contribution is 8.00. The molecule has 0 spiro atoms. The van der Waals surface area contributed by atoms with Gasteiger partial charge in [-0.15, -0.1) is 0 Å². The second kappa shape index (κ2) is 6.26. The Hall–Kier alpha value is -0.260. The molecule has 0 aromatic carbocycles. The van der Waals surface area contributed by atoms with E-state index < -0.39 is 5.97 Å². The minimum atomic E-state index is -0.711. The summed E-state index contributed by atoms with van der Waals surface area (Å²) in [7, 11) is 0. The van der Waals surface area contributed by atoms with Crippen molar-refractivity contribution in [2.45, 2.75) is 44.0 Å². The van der Waals surface area contributed by atoms with Crippen LogP contribution in [0.2, 0.25) is 0 Å². The molecule has 104 valence electrons. The van der Waals surface area contributed by atoms with Crippen LogP contribution in [0.1, 0.15) is 26.7 Å². The molecule has 0 bridgehead atoms. The average molecular weight is 273 g/mol. The van der Waals surface area contributed by atoms with E-state index in [1.165, 1.54) is 6.42 Å². The fourth-order valence-electron chi connectivity index (χ4n) is 3.01. The van der Waals surface area contributed by atoms with E-state index in [0.29, 0.717) is 24.5 Å². The normalized spacial score (nSPS) is 36.4. The van der Waals surface area contributed by atoms with Gasteiger partial charge in [0.15, 0.2) is 0 Å². The predicted octanol–water partition coefficient (Wildman–Crippen LogP) is 1.69. The first-order valence-electron chi connectivity index (χ1n) is 6.81. The van der Waals surface area contributed by atoms with Crippen molar-refractivity contribution in [1.82, 2.24) is 4.90 Å². The minimum absolute atomic E-state index is 0.0679. The van der Waals surface area contributed by atoms with Gasteiger partial charge in [0, 0.05) is 23.1 Å². The van der Waals surface area contributed by atoms with Crippen LogP contribution in [0.3, 0.4) is 0 Å². The fraction of sp³-hybridized carbons (Fsp3) is 0.923. The first-order valence-corrected chi connectivity index (χ1v) is 7.86. The number of hydrogen-bond acceptors (Lipinski definition) is 4. The summed E-state index contributed by atoms with van der Waals surface area (Å²) in [5.41, 5.74) is 0. The van der Waals surface area contributed by atoms with Crippen molar-refractivity contribution in [3.05, 3.63) is 0 Å². The molecule has 0 saturated carbocycles. The Balaban J connectivity index is 2.06. The van der Waals surface area contributed by atoms with Crippen LogP contribution in [0.25, 0.3) is 0 Å². The van der Waals surface area contributed by atoms with Crippen LogP contribution in [0.15, 0.2) is 0 Å². The fourth-order valence-corrected chi connectivity index (χ4v) is 4.25. The van der Waals surface area contributed by atoms with Crippen molar-refractivity contribution >= 4 is 17.7 Å². The monoisotopic (exact) mass is 273 g/mol. The molecule has 2 aliphatic heterocycles. The molecule has 4 unspecified atom stereocenters. The molecule has 0 aliphatic carbocycles. The summed E-state index contributed by atoms with van der Waals surface area (Å²) < 4.78 is 5.42. The summed E-state index contributed by atoms with van der Waals surface area (Å²) in [5, 5.41) is 9.98. The lowest BCUT2D eigenvalue weighted by Crippen LogP contribution is -2.49. The maximum absolute atomic E-state index is 11.3. The lowest BCUT2D eigenvalue weighted by atomic mass is 9.99. The van der Waals surface area contributed by atoms with Crippen LogP contribution in [-0.2, 0) is 9.53 Å². The lowest BCUT2D eigenvalue weighted by molar-refractivity contribution is -0.143. The second-order valence-electron chi connectivity index (χ2n) is 5.32. The molecule has 4 atom stereocenters. The first-order chi connectivity index (χ1) is 8.63. The molecule has 2 rings (SSSR count). The SMILES string of the molecule is CCCN(C1CSC(C)C1)C1COCC1C(=O)O. The van der Waals surface area contributed by atoms with Crippen LogP contribution in [0.5, 0.6) is 0 Å². The number of carbonyl (C=O) groups is 1. The average Bonchev–Trinajstić information content (AvgIpc) is 2.94. The van der Waals surface area contributed by atoms with Gasteiger partial charge in [0.25, 0.3) is 0 Å². The van der Waals surface area contributed by atoms with Crippen molar-refractivity contribution < 1.29 is 14.6 Å². The number of ether oxygens (including phenoxy) is 1. The number of aliphatic carboxylic acids is 1. The molecular formula is C13H23NO3S. The molecule has 18 heavy (non-hydrogen) atoms. The Kier molecular flexibility index (Phi) is 4.92. The van der Waals surface area contributed by atoms with Gasteiger partial charge in [-0.1, -0.05) is 13.8 Å². The third-order valence-electron chi connectivity index (χ3n) is 3.92. The highest BCUT2D eigenvalue weighted by Crippen LogP contribution is 2.33. The van der Waals surface area contributed by atoms with Crippen molar-refractivity contribution in [3.63, 3.8) is 0 Å². The van der Waals surface area contributed by atoms with Crippen molar-refractivity contribution in [2.75, 3.05) is 25.5 Å². The van der Waals surface area contributed by atoms with E-state index in [4.69, 9.17) is 4.74 Å². The Labute approximate surface area is 113 Å². The summed E-state index contributed by atoms with van der Waals surface area (Å²) in [6.07, 6.45) is 2.24. The van der Waals surface area contributed by atoms with Crippen LogP contribution in [0, 0.1) is 5.92 Å². The van der Waals surface area contributed by atoms with Crippen molar-refractivity contribution in [1.29, 1.82) is 0 Å². The molecule has 0 aromatic rings. The highest BCUT2D eigenvalue weighted by Gasteiger charge is 2.41. The zero-order chi connectivity index (χ0) is 13.1. The molecule has 5 heteroatoms. The van der Waals surface area contributed by atoms with E-state index in [0.717, 1.165) is 18.7 Å². The number of nitrogens with zero attached hydrogens (tertiary/aromatic N) is 1. The van der Waals surface area contributed by atoms with E-state index in [1.54, 1.807) is 0 Å². The summed E-state index contributed by atoms with van der Waals surface area (Å²) in [6, 6.07) is 0.594. The molecule has 0 amide bonds.